The van der Waals surface area contributed by atoms with Crippen LogP contribution in [0.1, 0.15) is 5.56 Å². The number of aryl methyl sites for hydroxylation is 1. The van der Waals surface area contributed by atoms with Crippen LogP contribution in [0.2, 0.25) is 0 Å². The Hall–Kier alpha value is -1.33. The van der Waals surface area contributed by atoms with Crippen LogP contribution in [0.5, 0.6) is 0 Å². The van der Waals surface area contributed by atoms with E-state index in [1.165, 1.54) is 6.92 Å². The number of hydrogen-bond donors (Lipinski definition) is 3. The molecular formula is C12H19N2O9P. The molecule has 2 rings (SSSR count). The fourth-order valence-corrected chi connectivity index (χ4v) is 2.89. The summed E-state index contributed by atoms with van der Waals surface area (Å²) in [5, 5.41) is 20.0. The molecule has 0 amide bonds. The van der Waals surface area contributed by atoms with Crippen LogP contribution >= 0.6 is 7.60 Å². The number of ether oxygens (including phenoxy) is 2. The average Bonchev–Trinajstić information content (AvgIpc) is 2.85. The van der Waals surface area contributed by atoms with Crippen molar-refractivity contribution in [2.75, 3.05) is 27.2 Å². The Morgan fingerprint density at radius 2 is 2.04 bits per heavy atom. The van der Waals surface area contributed by atoms with Crippen molar-refractivity contribution < 1.29 is 33.3 Å². The predicted octanol–water partition coefficient (Wildman–Crippen LogP) is -1.33. The topological polar surface area (TPSA) is 149 Å². The van der Waals surface area contributed by atoms with Crippen LogP contribution in [0.3, 0.4) is 0 Å². The third-order valence-electron chi connectivity index (χ3n) is 3.64. The number of aliphatic hydroxyl groups excluding tert-OH is 2. The fourth-order valence-electron chi connectivity index (χ4n) is 2.18. The molecule has 1 aromatic heterocycles. The Morgan fingerprint density at radius 1 is 1.42 bits per heavy atom. The number of rotatable bonds is 6. The molecule has 12 heteroatoms. The van der Waals surface area contributed by atoms with Crippen LogP contribution in [-0.4, -0.2) is 59.1 Å². The molecule has 0 aromatic carbocycles. The van der Waals surface area contributed by atoms with Gasteiger partial charge in [-0.1, -0.05) is 0 Å². The van der Waals surface area contributed by atoms with Gasteiger partial charge < -0.3 is 28.7 Å². The minimum absolute atomic E-state index is 0.136. The lowest BCUT2D eigenvalue weighted by molar-refractivity contribution is -0.300. The number of H-pyrrole nitrogens is 1. The minimum Gasteiger partial charge on any atom is -0.388 e. The summed E-state index contributed by atoms with van der Waals surface area (Å²) in [6, 6.07) is 0. The van der Waals surface area contributed by atoms with Crippen molar-refractivity contribution in [3.05, 3.63) is 32.6 Å². The van der Waals surface area contributed by atoms with Crippen molar-refractivity contribution in [2.24, 2.45) is 0 Å². The van der Waals surface area contributed by atoms with Crippen LogP contribution in [0, 0.1) is 6.92 Å². The molecule has 1 fully saturated rings. The van der Waals surface area contributed by atoms with Crippen LogP contribution < -0.4 is 11.2 Å². The first-order valence-corrected chi connectivity index (χ1v) is 8.59. The van der Waals surface area contributed by atoms with Crippen LogP contribution in [-0.2, 0) is 29.0 Å². The van der Waals surface area contributed by atoms with Gasteiger partial charge in [0.1, 0.15) is 6.10 Å². The van der Waals surface area contributed by atoms with Crippen LogP contribution in [0.15, 0.2) is 15.8 Å². The zero-order valence-electron chi connectivity index (χ0n) is 13.3. The maximum absolute atomic E-state index is 12.2. The van der Waals surface area contributed by atoms with E-state index in [9.17, 15) is 24.4 Å². The van der Waals surface area contributed by atoms with Crippen LogP contribution in [0.4, 0.5) is 0 Å². The van der Waals surface area contributed by atoms with E-state index in [0.29, 0.717) is 0 Å². The molecule has 1 aliphatic rings. The van der Waals surface area contributed by atoms with Gasteiger partial charge in [0.25, 0.3) is 11.5 Å². The van der Waals surface area contributed by atoms with Crippen LogP contribution in [0.25, 0.3) is 0 Å². The molecule has 3 N–H and O–H groups in total. The summed E-state index contributed by atoms with van der Waals surface area (Å²) < 4.78 is 33.1. The van der Waals surface area contributed by atoms with Gasteiger partial charge in [0.05, 0.1) is 6.61 Å². The lowest BCUT2D eigenvalue weighted by Gasteiger charge is -2.33. The van der Waals surface area contributed by atoms with E-state index in [-0.39, 0.29) is 12.2 Å². The molecule has 0 aliphatic carbocycles. The summed E-state index contributed by atoms with van der Waals surface area (Å²) in [4.78, 5) is 25.7. The summed E-state index contributed by atoms with van der Waals surface area (Å²) in [6.07, 6.45) is -2.63. The number of hydrogen-bond acceptors (Lipinski definition) is 9. The molecule has 0 spiro atoms. The number of aliphatic hydroxyl groups is 2. The van der Waals surface area contributed by atoms with Gasteiger partial charge in [-0.15, -0.1) is 0 Å². The van der Waals surface area contributed by atoms with Gasteiger partial charge in [0.2, 0.25) is 0 Å². The maximum atomic E-state index is 12.2. The number of aromatic amines is 1. The lowest BCUT2D eigenvalue weighted by atomic mass is 10.2. The number of nitrogens with one attached hydrogen (secondary N) is 1. The van der Waals surface area contributed by atoms with Crippen molar-refractivity contribution in [1.29, 1.82) is 0 Å². The summed E-state index contributed by atoms with van der Waals surface area (Å²) in [7, 11) is -1.39. The molecule has 2 heterocycles. The Morgan fingerprint density at radius 3 is 2.54 bits per heavy atom. The highest BCUT2D eigenvalue weighted by Gasteiger charge is 2.54. The van der Waals surface area contributed by atoms with Crippen molar-refractivity contribution in [2.45, 2.75) is 25.0 Å². The molecular weight excluding hydrogens is 347 g/mol. The normalized spacial score (nSPS) is 27.5. The Balaban J connectivity index is 2.50. The molecule has 1 aliphatic heterocycles. The quantitative estimate of drug-likeness (QED) is 0.520. The first-order valence-electron chi connectivity index (χ1n) is 6.87. The highest BCUT2D eigenvalue weighted by molar-refractivity contribution is 7.53. The second-order valence-electron chi connectivity index (χ2n) is 5.14. The molecule has 136 valence electrons. The molecule has 11 nitrogen and oxygen atoms in total. The number of aromatic nitrogens is 2. The molecule has 0 saturated carbocycles. The maximum Gasteiger partial charge on any atom is 0.355 e. The fraction of sp³-hybridized carbons (Fsp3) is 0.667. The molecule has 0 bridgehead atoms. The van der Waals surface area contributed by atoms with E-state index in [2.05, 4.69) is 0 Å². The summed E-state index contributed by atoms with van der Waals surface area (Å²) in [6.45, 7) is 1.07. The van der Waals surface area contributed by atoms with Crippen molar-refractivity contribution in [1.82, 2.24) is 9.55 Å². The van der Waals surface area contributed by atoms with E-state index in [1.807, 2.05) is 4.98 Å². The largest absolute Gasteiger partial charge is 0.388 e. The van der Waals surface area contributed by atoms with Gasteiger partial charge in [0, 0.05) is 26.0 Å². The predicted molar refractivity (Wildman–Crippen MR) is 79.6 cm³/mol. The Bertz CT molecular complexity index is 752. The summed E-state index contributed by atoms with van der Waals surface area (Å²) in [5.74, 6) is -2.20. The number of nitrogens with zero attached hydrogens (tertiary/aromatic N) is 1. The van der Waals surface area contributed by atoms with Crippen molar-refractivity contribution in [3.63, 3.8) is 0 Å². The summed E-state index contributed by atoms with van der Waals surface area (Å²) >= 11 is 0. The third-order valence-corrected chi connectivity index (χ3v) is 5.20. The zero-order valence-corrected chi connectivity index (χ0v) is 14.2. The van der Waals surface area contributed by atoms with E-state index < -0.39 is 43.3 Å². The third kappa shape index (κ3) is 3.24. The first kappa shape index (κ1) is 19.0. The Labute approximate surface area is 136 Å². The lowest BCUT2D eigenvalue weighted by Crippen LogP contribution is -2.53. The van der Waals surface area contributed by atoms with Gasteiger partial charge in [-0.2, -0.15) is 0 Å². The van der Waals surface area contributed by atoms with Crippen molar-refractivity contribution in [3.8, 4) is 0 Å². The molecule has 1 saturated heterocycles. The molecule has 1 aromatic rings. The van der Waals surface area contributed by atoms with E-state index in [4.69, 9.17) is 18.5 Å². The van der Waals surface area contributed by atoms with E-state index in [0.717, 1.165) is 25.0 Å². The second kappa shape index (κ2) is 6.89. The van der Waals surface area contributed by atoms with Gasteiger partial charge in [0.15, 0.2) is 12.5 Å². The van der Waals surface area contributed by atoms with Gasteiger partial charge in [-0.3, -0.25) is 14.3 Å². The smallest absolute Gasteiger partial charge is 0.355 e. The van der Waals surface area contributed by atoms with E-state index >= 15 is 0 Å². The standard InChI is InChI=1S/C12H19N2O9P/c1-7-4-14(11(18)13-10(7)17)12(9(16)8(15)5-22-12)23-6-24(19,20-2)21-3/h4,8-9,15-16H,5-6H2,1-3H3,(H,13,17,18)/t8-,9-,12-/m1/s1. The molecule has 0 radical (unpaired) electrons. The Kier molecular flexibility index (Phi) is 5.45. The molecule has 24 heavy (non-hydrogen) atoms. The minimum atomic E-state index is -3.66. The monoisotopic (exact) mass is 366 g/mol. The zero-order chi connectivity index (χ0) is 18.1. The highest BCUT2D eigenvalue weighted by Crippen LogP contribution is 2.48. The summed E-state index contributed by atoms with van der Waals surface area (Å²) in [5.41, 5.74) is -1.43. The first-order chi connectivity index (χ1) is 11.2. The average molecular weight is 366 g/mol. The van der Waals surface area contributed by atoms with Gasteiger partial charge >= 0.3 is 13.3 Å². The van der Waals surface area contributed by atoms with Gasteiger partial charge in [-0.25, -0.2) is 9.36 Å². The molecule has 0 unspecified atom stereocenters. The van der Waals surface area contributed by atoms with E-state index in [1.54, 1.807) is 0 Å². The van der Waals surface area contributed by atoms with Crippen molar-refractivity contribution >= 4 is 7.60 Å². The second-order valence-corrected chi connectivity index (χ2v) is 7.36. The highest BCUT2D eigenvalue weighted by atomic mass is 31.2. The molecule has 3 atom stereocenters. The SMILES string of the molecule is COP(=O)(CO[C@]1(n2cc(C)c(=O)[nH]c2=O)OC[C@@H](O)[C@H]1O)OC. The van der Waals surface area contributed by atoms with Gasteiger partial charge in [-0.05, 0) is 6.92 Å².